The quantitative estimate of drug-likeness (QED) is 0.693. The number of carboxylic acids is 1. The van der Waals surface area contributed by atoms with Gasteiger partial charge in [-0.1, -0.05) is 24.8 Å². The molecule has 0 aliphatic rings. The zero-order valence-corrected chi connectivity index (χ0v) is 8.76. The highest BCUT2D eigenvalue weighted by molar-refractivity contribution is 5.83. The van der Waals surface area contributed by atoms with E-state index in [-0.39, 0.29) is 18.6 Å². The van der Waals surface area contributed by atoms with E-state index in [1.165, 1.54) is 0 Å². The molecular formula is C12H13O4-. The van der Waals surface area contributed by atoms with Crippen LogP contribution >= 0.6 is 0 Å². The lowest BCUT2D eigenvalue weighted by atomic mass is 10.1. The van der Waals surface area contributed by atoms with Crippen LogP contribution in [0.5, 0.6) is 5.75 Å². The van der Waals surface area contributed by atoms with Crippen LogP contribution in [0.15, 0.2) is 42.5 Å². The first kappa shape index (κ1) is 12.3. The predicted octanol–water partition coefficient (Wildman–Crippen LogP) is 0.122. The van der Waals surface area contributed by atoms with Crippen molar-refractivity contribution in [3.63, 3.8) is 0 Å². The van der Waals surface area contributed by atoms with Crippen molar-refractivity contribution in [2.75, 3.05) is 6.61 Å². The lowest BCUT2D eigenvalue weighted by Gasteiger charge is -2.14. The Hall–Kier alpha value is -1.81. The van der Waals surface area contributed by atoms with E-state index in [1.54, 1.807) is 12.1 Å². The van der Waals surface area contributed by atoms with Crippen molar-refractivity contribution >= 4 is 5.97 Å². The van der Waals surface area contributed by atoms with E-state index in [1.807, 2.05) is 18.2 Å². The maximum absolute atomic E-state index is 10.3. The minimum absolute atomic E-state index is 0.0241. The number of hydrogen-bond acceptors (Lipinski definition) is 4. The molecule has 0 saturated carbocycles. The summed E-state index contributed by atoms with van der Waals surface area (Å²) in [5.41, 5.74) is -0.135. The van der Waals surface area contributed by atoms with Crippen molar-refractivity contribution in [2.24, 2.45) is 0 Å². The third-order valence-electron chi connectivity index (χ3n) is 1.96. The van der Waals surface area contributed by atoms with E-state index < -0.39 is 12.1 Å². The zero-order chi connectivity index (χ0) is 12.0. The first-order valence-electron chi connectivity index (χ1n) is 4.84. The van der Waals surface area contributed by atoms with Gasteiger partial charge in [-0.2, -0.15) is 0 Å². The highest BCUT2D eigenvalue weighted by Crippen LogP contribution is 2.10. The van der Waals surface area contributed by atoms with Gasteiger partial charge in [0.25, 0.3) is 0 Å². The molecule has 16 heavy (non-hydrogen) atoms. The Bertz CT molecular complexity index is 359. The van der Waals surface area contributed by atoms with Gasteiger partial charge < -0.3 is 19.7 Å². The molecule has 0 aromatic heterocycles. The maximum Gasteiger partial charge on any atom is 0.119 e. The number of carbonyl (C=O) groups excluding carboxylic acids is 1. The smallest absolute Gasteiger partial charge is 0.119 e. The first-order valence-corrected chi connectivity index (χ1v) is 4.84. The van der Waals surface area contributed by atoms with Crippen molar-refractivity contribution in [1.29, 1.82) is 0 Å². The fraction of sp³-hybridized carbons (Fsp3) is 0.250. The average molecular weight is 221 g/mol. The summed E-state index contributed by atoms with van der Waals surface area (Å²) in [6.07, 6.45) is -0.958. The molecule has 1 aromatic rings. The van der Waals surface area contributed by atoms with Gasteiger partial charge in [0.15, 0.2) is 0 Å². The molecule has 4 nitrogen and oxygen atoms in total. The fourth-order valence-corrected chi connectivity index (χ4v) is 1.14. The second-order valence-electron chi connectivity index (χ2n) is 3.37. The number of rotatable bonds is 6. The van der Waals surface area contributed by atoms with Crippen LogP contribution in [-0.4, -0.2) is 23.8 Å². The molecule has 0 bridgehead atoms. The molecule has 0 radical (unpaired) electrons. The summed E-state index contributed by atoms with van der Waals surface area (Å²) < 4.78 is 5.24. The van der Waals surface area contributed by atoms with Gasteiger partial charge in [0.05, 0.1) is 12.1 Å². The number of aliphatic hydroxyl groups excluding tert-OH is 1. The summed E-state index contributed by atoms with van der Waals surface area (Å²) in [6.45, 7) is 3.30. The van der Waals surface area contributed by atoms with Gasteiger partial charge in [0.1, 0.15) is 12.4 Å². The lowest BCUT2D eigenvalue weighted by Crippen LogP contribution is -2.28. The van der Waals surface area contributed by atoms with E-state index in [0.717, 1.165) is 0 Å². The summed E-state index contributed by atoms with van der Waals surface area (Å²) in [4.78, 5) is 10.3. The Kier molecular flexibility index (Phi) is 4.54. The Morgan fingerprint density at radius 2 is 2.06 bits per heavy atom. The summed E-state index contributed by atoms with van der Waals surface area (Å²) in [6, 6.07) is 8.96. The third kappa shape index (κ3) is 4.14. The number of hydrogen-bond donors (Lipinski definition) is 1. The van der Waals surface area contributed by atoms with E-state index in [2.05, 4.69) is 6.58 Å². The molecule has 1 atom stereocenters. The van der Waals surface area contributed by atoms with Gasteiger partial charge in [-0.05, 0) is 17.7 Å². The number of para-hydroxylation sites is 1. The van der Waals surface area contributed by atoms with Crippen molar-refractivity contribution in [3.8, 4) is 5.75 Å². The van der Waals surface area contributed by atoms with Crippen LogP contribution in [0, 0.1) is 0 Å². The first-order chi connectivity index (χ1) is 7.59. The lowest BCUT2D eigenvalue weighted by molar-refractivity contribution is -0.299. The highest BCUT2D eigenvalue weighted by Gasteiger charge is 2.07. The molecule has 1 unspecified atom stereocenters. The second-order valence-corrected chi connectivity index (χ2v) is 3.37. The molecule has 86 valence electrons. The molecule has 0 saturated heterocycles. The summed E-state index contributed by atoms with van der Waals surface area (Å²) in [5, 5.41) is 19.8. The highest BCUT2D eigenvalue weighted by atomic mass is 16.5. The standard InChI is InChI=1S/C12H14O4/c1-9(12(14)15)7-10(13)8-16-11-5-3-2-4-6-11/h2-6,10,13H,1,7-8H2,(H,14,15)/p-1. The number of ether oxygens (including phenoxy) is 1. The van der Waals surface area contributed by atoms with Gasteiger partial charge >= 0.3 is 0 Å². The summed E-state index contributed by atoms with van der Waals surface area (Å²) >= 11 is 0. The largest absolute Gasteiger partial charge is 0.545 e. The molecule has 0 heterocycles. The molecular weight excluding hydrogens is 208 g/mol. The summed E-state index contributed by atoms with van der Waals surface area (Å²) in [7, 11) is 0. The van der Waals surface area contributed by atoms with Crippen molar-refractivity contribution < 1.29 is 19.7 Å². The van der Waals surface area contributed by atoms with E-state index in [4.69, 9.17) is 4.74 Å². The molecule has 1 rings (SSSR count). The van der Waals surface area contributed by atoms with Crippen LogP contribution in [0.3, 0.4) is 0 Å². The van der Waals surface area contributed by atoms with E-state index in [0.29, 0.717) is 5.75 Å². The Balaban J connectivity index is 2.33. The molecule has 0 spiro atoms. The number of benzene rings is 1. The average Bonchev–Trinajstić information content (AvgIpc) is 2.27. The van der Waals surface area contributed by atoms with Crippen LogP contribution in [-0.2, 0) is 4.79 Å². The van der Waals surface area contributed by atoms with Crippen molar-refractivity contribution in [2.45, 2.75) is 12.5 Å². The number of carbonyl (C=O) groups is 1. The topological polar surface area (TPSA) is 69.6 Å². The van der Waals surface area contributed by atoms with Crippen LogP contribution in [0.4, 0.5) is 0 Å². The second kappa shape index (κ2) is 5.92. The van der Waals surface area contributed by atoms with E-state index >= 15 is 0 Å². The zero-order valence-electron chi connectivity index (χ0n) is 8.76. The molecule has 1 N–H and O–H groups in total. The molecule has 1 aromatic carbocycles. The van der Waals surface area contributed by atoms with Gasteiger partial charge in [-0.3, -0.25) is 0 Å². The fourth-order valence-electron chi connectivity index (χ4n) is 1.14. The van der Waals surface area contributed by atoms with Crippen LogP contribution in [0.25, 0.3) is 0 Å². The van der Waals surface area contributed by atoms with Gasteiger partial charge in [-0.25, -0.2) is 0 Å². The molecule has 4 heteroatoms. The SMILES string of the molecule is C=C(CC(O)COc1ccccc1)C(=O)[O-]. The maximum atomic E-state index is 10.3. The minimum atomic E-state index is -1.35. The predicted molar refractivity (Wildman–Crippen MR) is 56.7 cm³/mol. The Labute approximate surface area is 93.8 Å². The molecule has 0 aliphatic heterocycles. The van der Waals surface area contributed by atoms with Crippen LogP contribution in [0.2, 0.25) is 0 Å². The van der Waals surface area contributed by atoms with Crippen LogP contribution in [0.1, 0.15) is 6.42 Å². The van der Waals surface area contributed by atoms with Crippen molar-refractivity contribution in [3.05, 3.63) is 42.5 Å². The van der Waals surface area contributed by atoms with Crippen LogP contribution < -0.4 is 9.84 Å². The Morgan fingerprint density at radius 3 is 2.62 bits per heavy atom. The molecule has 0 aliphatic carbocycles. The minimum Gasteiger partial charge on any atom is -0.545 e. The number of carboxylic acid groups (broad SMARTS) is 1. The summed E-state index contributed by atoms with van der Waals surface area (Å²) in [5.74, 6) is -0.723. The number of aliphatic hydroxyl groups is 1. The molecule has 0 amide bonds. The molecule has 0 fully saturated rings. The van der Waals surface area contributed by atoms with Gasteiger partial charge in [-0.15, -0.1) is 0 Å². The van der Waals surface area contributed by atoms with Gasteiger partial charge in [0, 0.05) is 6.42 Å². The number of aliphatic carboxylic acids is 1. The van der Waals surface area contributed by atoms with Gasteiger partial charge in [0.2, 0.25) is 0 Å². The monoisotopic (exact) mass is 221 g/mol. The van der Waals surface area contributed by atoms with Crippen molar-refractivity contribution in [1.82, 2.24) is 0 Å². The normalized spacial score (nSPS) is 11.8. The van der Waals surface area contributed by atoms with E-state index in [9.17, 15) is 15.0 Å². The Morgan fingerprint density at radius 1 is 1.44 bits per heavy atom. The third-order valence-corrected chi connectivity index (χ3v) is 1.96.